The molecule has 0 radical (unpaired) electrons. The maximum atomic E-state index is 5.16. The van der Waals surface area contributed by atoms with E-state index in [4.69, 9.17) is 9.47 Å². The summed E-state index contributed by atoms with van der Waals surface area (Å²) in [6.45, 7) is 4.06. The first-order chi connectivity index (χ1) is 6.86. The molecular weight excluding hydrogens is 182 g/mol. The van der Waals surface area contributed by atoms with Gasteiger partial charge < -0.3 is 14.8 Å². The molecule has 0 unspecified atom stereocenters. The molecule has 78 valence electrons. The number of methoxy groups -OCH3 is 1. The summed E-state index contributed by atoms with van der Waals surface area (Å²) < 4.78 is 10.1. The zero-order valence-electron chi connectivity index (χ0n) is 8.49. The molecule has 5 heteroatoms. The van der Waals surface area contributed by atoms with Gasteiger partial charge in [0.1, 0.15) is 0 Å². The van der Waals surface area contributed by atoms with E-state index in [0.29, 0.717) is 24.8 Å². The molecule has 0 spiro atoms. The van der Waals surface area contributed by atoms with Crippen LogP contribution >= 0.6 is 0 Å². The van der Waals surface area contributed by atoms with Crippen LogP contribution < -0.4 is 10.1 Å². The fourth-order valence-electron chi connectivity index (χ4n) is 0.892. The second-order valence-electron chi connectivity index (χ2n) is 2.57. The minimum Gasteiger partial charge on any atom is -0.494 e. The lowest BCUT2D eigenvalue weighted by Crippen LogP contribution is -2.11. The van der Waals surface area contributed by atoms with Gasteiger partial charge in [0.25, 0.3) is 0 Å². The van der Waals surface area contributed by atoms with E-state index in [2.05, 4.69) is 15.3 Å². The highest BCUT2D eigenvalue weighted by molar-refractivity contribution is 5.26. The highest BCUT2D eigenvalue weighted by atomic mass is 16.5. The Morgan fingerprint density at radius 3 is 2.64 bits per heavy atom. The zero-order chi connectivity index (χ0) is 10.2. The third-order valence-electron chi connectivity index (χ3n) is 1.60. The number of nitrogens with one attached hydrogen (secondary N) is 1. The lowest BCUT2D eigenvalue weighted by Gasteiger charge is -2.04. The number of nitrogens with zero attached hydrogens (tertiary/aromatic N) is 2. The van der Waals surface area contributed by atoms with E-state index in [1.165, 1.54) is 0 Å². The normalized spacial score (nSPS) is 9.86. The number of hydrogen-bond donors (Lipinski definition) is 1. The molecule has 1 aromatic rings. The molecule has 0 saturated carbocycles. The third kappa shape index (κ3) is 3.57. The van der Waals surface area contributed by atoms with Crippen molar-refractivity contribution in [3.63, 3.8) is 0 Å². The molecule has 0 saturated heterocycles. The van der Waals surface area contributed by atoms with Gasteiger partial charge in [0.05, 0.1) is 26.1 Å². The zero-order valence-corrected chi connectivity index (χ0v) is 8.49. The molecule has 5 nitrogen and oxygen atoms in total. The van der Waals surface area contributed by atoms with Gasteiger partial charge in [-0.05, 0) is 6.92 Å². The summed E-state index contributed by atoms with van der Waals surface area (Å²) in [6.07, 6.45) is 3.24. The molecule has 0 aliphatic heterocycles. The molecule has 0 atom stereocenters. The van der Waals surface area contributed by atoms with E-state index in [1.807, 2.05) is 6.92 Å². The van der Waals surface area contributed by atoms with Gasteiger partial charge in [-0.25, -0.2) is 9.97 Å². The van der Waals surface area contributed by atoms with Crippen molar-refractivity contribution in [2.75, 3.05) is 32.2 Å². The topological polar surface area (TPSA) is 56.3 Å². The van der Waals surface area contributed by atoms with E-state index in [1.54, 1.807) is 19.5 Å². The van der Waals surface area contributed by atoms with E-state index in [-0.39, 0.29) is 0 Å². The van der Waals surface area contributed by atoms with Crippen molar-refractivity contribution in [1.82, 2.24) is 9.97 Å². The largest absolute Gasteiger partial charge is 0.494 e. The van der Waals surface area contributed by atoms with Crippen LogP contribution in [0.15, 0.2) is 12.4 Å². The first kappa shape index (κ1) is 10.7. The van der Waals surface area contributed by atoms with Gasteiger partial charge in [-0.1, -0.05) is 0 Å². The smallest absolute Gasteiger partial charge is 0.222 e. The lowest BCUT2D eigenvalue weighted by molar-refractivity contribution is 0.158. The molecule has 1 rings (SSSR count). The lowest BCUT2D eigenvalue weighted by atomic mass is 10.6. The monoisotopic (exact) mass is 197 g/mol. The molecule has 14 heavy (non-hydrogen) atoms. The Hall–Kier alpha value is -1.36. The Balaban J connectivity index is 2.29. The number of anilines is 1. The summed E-state index contributed by atoms with van der Waals surface area (Å²) in [7, 11) is 1.58. The van der Waals surface area contributed by atoms with E-state index in [9.17, 15) is 0 Å². The summed E-state index contributed by atoms with van der Waals surface area (Å²) in [5, 5.41) is 3.03. The van der Waals surface area contributed by atoms with Crippen molar-refractivity contribution in [2.45, 2.75) is 6.92 Å². The molecule has 0 aliphatic rings. The Kier molecular flexibility index (Phi) is 4.71. The second-order valence-corrected chi connectivity index (χ2v) is 2.57. The third-order valence-corrected chi connectivity index (χ3v) is 1.60. The molecule has 0 aromatic carbocycles. The van der Waals surface area contributed by atoms with Gasteiger partial charge in [-0.3, -0.25) is 0 Å². The summed E-state index contributed by atoms with van der Waals surface area (Å²) in [5.74, 6) is 1.24. The summed E-state index contributed by atoms with van der Waals surface area (Å²) in [4.78, 5) is 8.09. The first-order valence-electron chi connectivity index (χ1n) is 4.54. The molecule has 0 fully saturated rings. The standard InChI is InChI=1S/C9H15N3O2/c1-3-14-5-4-10-9-11-6-8(13-2)7-12-9/h6-7H,3-5H2,1-2H3,(H,10,11,12). The van der Waals surface area contributed by atoms with Crippen LogP contribution in [0.1, 0.15) is 6.92 Å². The van der Waals surface area contributed by atoms with Crippen molar-refractivity contribution < 1.29 is 9.47 Å². The molecule has 0 aliphatic carbocycles. The van der Waals surface area contributed by atoms with Crippen molar-refractivity contribution in [1.29, 1.82) is 0 Å². The van der Waals surface area contributed by atoms with E-state index >= 15 is 0 Å². The molecule has 0 bridgehead atoms. The maximum absolute atomic E-state index is 5.16. The predicted molar refractivity (Wildman–Crippen MR) is 53.6 cm³/mol. The average molecular weight is 197 g/mol. The summed E-state index contributed by atoms with van der Waals surface area (Å²) in [6, 6.07) is 0. The van der Waals surface area contributed by atoms with Crippen LogP contribution in [0.2, 0.25) is 0 Å². The van der Waals surface area contributed by atoms with Gasteiger partial charge in [-0.2, -0.15) is 0 Å². The maximum Gasteiger partial charge on any atom is 0.222 e. The van der Waals surface area contributed by atoms with Gasteiger partial charge in [-0.15, -0.1) is 0 Å². The Morgan fingerprint density at radius 2 is 2.07 bits per heavy atom. The van der Waals surface area contributed by atoms with Crippen molar-refractivity contribution >= 4 is 5.95 Å². The highest BCUT2D eigenvalue weighted by Gasteiger charge is 1.95. The molecular formula is C9H15N3O2. The van der Waals surface area contributed by atoms with E-state index in [0.717, 1.165) is 6.61 Å². The summed E-state index contributed by atoms with van der Waals surface area (Å²) >= 11 is 0. The van der Waals surface area contributed by atoms with Crippen LogP contribution in [0.25, 0.3) is 0 Å². The van der Waals surface area contributed by atoms with Crippen LogP contribution in [-0.2, 0) is 4.74 Å². The van der Waals surface area contributed by atoms with Crippen molar-refractivity contribution in [2.24, 2.45) is 0 Å². The minimum atomic E-state index is 0.588. The number of hydrogen-bond acceptors (Lipinski definition) is 5. The quantitative estimate of drug-likeness (QED) is 0.688. The summed E-state index contributed by atoms with van der Waals surface area (Å²) in [5.41, 5.74) is 0. The van der Waals surface area contributed by atoms with Crippen LogP contribution in [0.4, 0.5) is 5.95 Å². The highest BCUT2D eigenvalue weighted by Crippen LogP contribution is 2.06. The fraction of sp³-hybridized carbons (Fsp3) is 0.556. The molecule has 1 aromatic heterocycles. The number of rotatable bonds is 6. The van der Waals surface area contributed by atoms with Gasteiger partial charge in [0.15, 0.2) is 5.75 Å². The predicted octanol–water partition coefficient (Wildman–Crippen LogP) is 0.934. The number of ether oxygens (including phenoxy) is 2. The Labute approximate surface area is 83.5 Å². The molecule has 0 amide bonds. The van der Waals surface area contributed by atoms with Gasteiger partial charge in [0.2, 0.25) is 5.95 Å². The van der Waals surface area contributed by atoms with Crippen LogP contribution in [0.3, 0.4) is 0 Å². The first-order valence-corrected chi connectivity index (χ1v) is 4.54. The molecule has 1 N–H and O–H groups in total. The molecule has 1 heterocycles. The SMILES string of the molecule is CCOCCNc1ncc(OC)cn1. The van der Waals surface area contributed by atoms with Crippen LogP contribution in [0, 0.1) is 0 Å². The fourth-order valence-corrected chi connectivity index (χ4v) is 0.892. The van der Waals surface area contributed by atoms with Crippen LogP contribution in [0.5, 0.6) is 5.75 Å². The van der Waals surface area contributed by atoms with Crippen molar-refractivity contribution in [3.8, 4) is 5.75 Å². The minimum absolute atomic E-state index is 0.588. The average Bonchev–Trinajstić information content (AvgIpc) is 2.25. The van der Waals surface area contributed by atoms with E-state index < -0.39 is 0 Å². The van der Waals surface area contributed by atoms with Gasteiger partial charge in [0, 0.05) is 13.2 Å². The Morgan fingerprint density at radius 1 is 1.36 bits per heavy atom. The van der Waals surface area contributed by atoms with Gasteiger partial charge >= 0.3 is 0 Å². The second kappa shape index (κ2) is 6.15. The number of aromatic nitrogens is 2. The van der Waals surface area contributed by atoms with Crippen molar-refractivity contribution in [3.05, 3.63) is 12.4 Å². The van der Waals surface area contributed by atoms with Crippen LogP contribution in [-0.4, -0.2) is 36.8 Å². The Bertz CT molecular complexity index is 251.